The van der Waals surface area contributed by atoms with Crippen molar-refractivity contribution >= 4 is 17.5 Å². The summed E-state index contributed by atoms with van der Waals surface area (Å²) in [6.45, 7) is 5.93. The predicted octanol–water partition coefficient (Wildman–Crippen LogP) is 2.40. The molecule has 0 aliphatic carbocycles. The van der Waals surface area contributed by atoms with Gasteiger partial charge >= 0.3 is 0 Å². The molecule has 2 aromatic rings. The third-order valence-corrected chi connectivity index (χ3v) is 5.86. The van der Waals surface area contributed by atoms with E-state index in [4.69, 9.17) is 0 Å². The number of aromatic hydroxyl groups is 1. The van der Waals surface area contributed by atoms with Gasteiger partial charge < -0.3 is 19.8 Å². The van der Waals surface area contributed by atoms with Gasteiger partial charge in [-0.25, -0.2) is 0 Å². The lowest BCUT2D eigenvalue weighted by molar-refractivity contribution is -0.136. The van der Waals surface area contributed by atoms with E-state index in [2.05, 4.69) is 4.90 Å². The lowest BCUT2D eigenvalue weighted by Crippen LogP contribution is -2.50. The van der Waals surface area contributed by atoms with Crippen molar-refractivity contribution in [2.75, 3.05) is 37.6 Å². The summed E-state index contributed by atoms with van der Waals surface area (Å²) in [5.74, 6) is 0.165. The summed E-state index contributed by atoms with van der Waals surface area (Å²) in [4.78, 5) is 31.3. The maximum Gasteiger partial charge on any atom is 0.228 e. The number of carbonyl (C=O) groups is 2. The molecular weight excluding hydrogens is 366 g/mol. The van der Waals surface area contributed by atoms with E-state index in [0.29, 0.717) is 32.6 Å². The minimum absolute atomic E-state index is 0.0617. The highest BCUT2D eigenvalue weighted by molar-refractivity contribution is 5.89. The highest BCUT2D eigenvalue weighted by atomic mass is 16.3. The number of phenolic OH excluding ortho intramolecular Hbond substituents is 1. The highest BCUT2D eigenvalue weighted by Crippen LogP contribution is 2.24. The number of amides is 2. The van der Waals surface area contributed by atoms with Crippen molar-refractivity contribution < 1.29 is 14.7 Å². The van der Waals surface area contributed by atoms with E-state index in [1.54, 1.807) is 17.0 Å². The van der Waals surface area contributed by atoms with Crippen LogP contribution in [0, 0.1) is 12.8 Å². The molecule has 1 unspecified atom stereocenters. The SMILES string of the molecule is Cc1ccc(CN2CC(C(=O)N3CCN(c4ccc(O)cc4)CC3)CC2=O)cc1. The quantitative estimate of drug-likeness (QED) is 0.866. The number of piperazine rings is 1. The third-order valence-electron chi connectivity index (χ3n) is 5.86. The number of nitrogens with zero attached hydrogens (tertiary/aromatic N) is 3. The molecule has 0 radical (unpaired) electrons. The summed E-state index contributed by atoms with van der Waals surface area (Å²) >= 11 is 0. The molecule has 2 aliphatic heterocycles. The van der Waals surface area contributed by atoms with Crippen molar-refractivity contribution in [2.45, 2.75) is 19.9 Å². The number of rotatable bonds is 4. The van der Waals surface area contributed by atoms with Crippen LogP contribution in [-0.2, 0) is 16.1 Å². The van der Waals surface area contributed by atoms with Gasteiger partial charge in [-0.3, -0.25) is 9.59 Å². The smallest absolute Gasteiger partial charge is 0.228 e. The molecule has 6 heteroatoms. The van der Waals surface area contributed by atoms with Crippen LogP contribution >= 0.6 is 0 Å². The zero-order chi connectivity index (χ0) is 20.4. The Bertz CT molecular complexity index is 871. The number of benzene rings is 2. The summed E-state index contributed by atoms with van der Waals surface area (Å²) in [6.07, 6.45) is 0.308. The van der Waals surface area contributed by atoms with Crippen LogP contribution in [0.1, 0.15) is 17.5 Å². The summed E-state index contributed by atoms with van der Waals surface area (Å²) in [6, 6.07) is 15.3. The molecule has 0 saturated carbocycles. The molecule has 152 valence electrons. The molecular formula is C23H27N3O3. The lowest BCUT2D eigenvalue weighted by atomic mass is 10.1. The van der Waals surface area contributed by atoms with Crippen molar-refractivity contribution in [2.24, 2.45) is 5.92 Å². The first-order valence-electron chi connectivity index (χ1n) is 10.2. The molecule has 0 spiro atoms. The van der Waals surface area contributed by atoms with E-state index >= 15 is 0 Å². The van der Waals surface area contributed by atoms with Crippen molar-refractivity contribution in [1.29, 1.82) is 0 Å². The summed E-state index contributed by atoms with van der Waals surface area (Å²) < 4.78 is 0. The maximum absolute atomic E-state index is 13.0. The normalized spacial score (nSPS) is 19.7. The molecule has 2 aliphatic rings. The number of hydrogen-bond donors (Lipinski definition) is 1. The van der Waals surface area contributed by atoms with Crippen molar-refractivity contribution in [3.63, 3.8) is 0 Å². The first-order valence-corrected chi connectivity index (χ1v) is 10.2. The molecule has 2 heterocycles. The van der Waals surface area contributed by atoms with Crippen LogP contribution in [0.25, 0.3) is 0 Å². The second-order valence-corrected chi connectivity index (χ2v) is 7.99. The van der Waals surface area contributed by atoms with Gasteiger partial charge in [0.15, 0.2) is 0 Å². The van der Waals surface area contributed by atoms with Gasteiger partial charge in [0.05, 0.1) is 5.92 Å². The van der Waals surface area contributed by atoms with Crippen LogP contribution < -0.4 is 4.90 Å². The number of aryl methyl sites for hydroxylation is 1. The Balaban J connectivity index is 1.31. The van der Waals surface area contributed by atoms with E-state index in [1.807, 2.05) is 48.2 Å². The van der Waals surface area contributed by atoms with Gasteiger partial charge in [-0.05, 0) is 36.8 Å². The molecule has 29 heavy (non-hydrogen) atoms. The van der Waals surface area contributed by atoms with Crippen LogP contribution in [0.15, 0.2) is 48.5 Å². The Morgan fingerprint density at radius 3 is 2.31 bits per heavy atom. The number of carbonyl (C=O) groups excluding carboxylic acids is 2. The Hall–Kier alpha value is -3.02. The van der Waals surface area contributed by atoms with Gasteiger partial charge in [0.1, 0.15) is 5.75 Å². The summed E-state index contributed by atoms with van der Waals surface area (Å²) in [5.41, 5.74) is 3.34. The predicted molar refractivity (Wildman–Crippen MR) is 112 cm³/mol. The van der Waals surface area contributed by atoms with E-state index in [-0.39, 0.29) is 23.5 Å². The monoisotopic (exact) mass is 393 g/mol. The van der Waals surface area contributed by atoms with E-state index in [1.165, 1.54) is 5.56 Å². The molecule has 2 aromatic carbocycles. The van der Waals surface area contributed by atoms with Gasteiger partial charge in [0.25, 0.3) is 0 Å². The molecule has 2 saturated heterocycles. The molecule has 0 bridgehead atoms. The second kappa shape index (κ2) is 8.15. The van der Waals surface area contributed by atoms with E-state index in [9.17, 15) is 14.7 Å². The Morgan fingerprint density at radius 2 is 1.66 bits per heavy atom. The number of anilines is 1. The average molecular weight is 393 g/mol. The molecule has 6 nitrogen and oxygen atoms in total. The van der Waals surface area contributed by atoms with E-state index < -0.39 is 0 Å². The van der Waals surface area contributed by atoms with Gasteiger partial charge in [-0.15, -0.1) is 0 Å². The molecule has 1 N–H and O–H groups in total. The Morgan fingerprint density at radius 1 is 1.00 bits per heavy atom. The fourth-order valence-electron chi connectivity index (χ4n) is 4.11. The first-order chi connectivity index (χ1) is 14.0. The topological polar surface area (TPSA) is 64.1 Å². The average Bonchev–Trinajstić information content (AvgIpc) is 3.10. The summed E-state index contributed by atoms with van der Waals surface area (Å²) in [7, 11) is 0. The molecule has 2 amide bonds. The van der Waals surface area contributed by atoms with Crippen LogP contribution in [0.3, 0.4) is 0 Å². The third kappa shape index (κ3) is 4.36. The molecule has 4 rings (SSSR count). The lowest BCUT2D eigenvalue weighted by Gasteiger charge is -2.37. The first kappa shape index (κ1) is 19.3. The Kier molecular flexibility index (Phi) is 5.43. The van der Waals surface area contributed by atoms with Crippen LogP contribution in [0.4, 0.5) is 5.69 Å². The van der Waals surface area contributed by atoms with E-state index in [0.717, 1.165) is 24.3 Å². The number of hydrogen-bond acceptors (Lipinski definition) is 4. The standard InChI is InChI=1S/C23H27N3O3/c1-17-2-4-18(5-3-17)15-26-16-19(14-22(26)28)23(29)25-12-10-24(11-13-25)20-6-8-21(27)9-7-20/h2-9,19,27H,10-16H2,1H3. The summed E-state index contributed by atoms with van der Waals surface area (Å²) in [5, 5.41) is 9.44. The van der Waals surface area contributed by atoms with Crippen LogP contribution in [-0.4, -0.2) is 59.4 Å². The highest BCUT2D eigenvalue weighted by Gasteiger charge is 2.37. The number of likely N-dealkylation sites (tertiary alicyclic amines) is 1. The van der Waals surface area contributed by atoms with Gasteiger partial charge in [-0.1, -0.05) is 29.8 Å². The van der Waals surface area contributed by atoms with Crippen molar-refractivity contribution in [1.82, 2.24) is 9.80 Å². The largest absolute Gasteiger partial charge is 0.508 e. The van der Waals surface area contributed by atoms with Gasteiger partial charge in [0.2, 0.25) is 11.8 Å². The van der Waals surface area contributed by atoms with Crippen molar-refractivity contribution in [3.05, 3.63) is 59.7 Å². The fraction of sp³-hybridized carbons (Fsp3) is 0.391. The minimum atomic E-state index is -0.242. The molecule has 1 atom stereocenters. The molecule has 0 aromatic heterocycles. The zero-order valence-electron chi connectivity index (χ0n) is 16.8. The van der Waals surface area contributed by atoms with Gasteiger partial charge in [0, 0.05) is 51.4 Å². The minimum Gasteiger partial charge on any atom is -0.508 e. The van der Waals surface area contributed by atoms with Crippen molar-refractivity contribution in [3.8, 4) is 5.75 Å². The Labute approximate surface area is 171 Å². The second-order valence-electron chi connectivity index (χ2n) is 7.99. The fourth-order valence-corrected chi connectivity index (χ4v) is 4.11. The molecule has 2 fully saturated rings. The maximum atomic E-state index is 13.0. The zero-order valence-corrected chi connectivity index (χ0v) is 16.8. The van der Waals surface area contributed by atoms with Crippen LogP contribution in [0.5, 0.6) is 5.75 Å². The number of phenols is 1. The van der Waals surface area contributed by atoms with Gasteiger partial charge in [-0.2, -0.15) is 0 Å². The van der Waals surface area contributed by atoms with Crippen LogP contribution in [0.2, 0.25) is 0 Å².